The SMILES string of the molecule is Cc1ccc([C@H]2CC[C@H](CN)CC2)c(-c2nnn[nH]2)c1S(N)(=O)=O. The van der Waals surface area contributed by atoms with Crippen molar-refractivity contribution in [2.45, 2.75) is 43.4 Å². The van der Waals surface area contributed by atoms with Gasteiger partial charge in [0.2, 0.25) is 10.0 Å². The van der Waals surface area contributed by atoms with Gasteiger partial charge in [0.25, 0.3) is 0 Å². The van der Waals surface area contributed by atoms with Gasteiger partial charge in [-0.2, -0.15) is 0 Å². The molecule has 1 fully saturated rings. The highest BCUT2D eigenvalue weighted by atomic mass is 32.2. The summed E-state index contributed by atoms with van der Waals surface area (Å²) in [6.45, 7) is 2.42. The number of aromatic nitrogens is 4. The molecule has 2 aromatic rings. The smallest absolute Gasteiger partial charge is 0.239 e. The Kier molecular flexibility index (Phi) is 4.66. The zero-order chi connectivity index (χ0) is 17.3. The van der Waals surface area contributed by atoms with Gasteiger partial charge in [0.1, 0.15) is 0 Å². The number of hydrogen-bond acceptors (Lipinski definition) is 6. The van der Waals surface area contributed by atoms with E-state index >= 15 is 0 Å². The fourth-order valence-electron chi connectivity index (χ4n) is 3.63. The van der Waals surface area contributed by atoms with Crippen LogP contribution < -0.4 is 10.9 Å². The molecule has 5 N–H and O–H groups in total. The van der Waals surface area contributed by atoms with Gasteiger partial charge >= 0.3 is 0 Å². The minimum absolute atomic E-state index is 0.0968. The zero-order valence-electron chi connectivity index (χ0n) is 13.6. The van der Waals surface area contributed by atoms with Crippen LogP contribution in [0.2, 0.25) is 0 Å². The Morgan fingerprint density at radius 3 is 2.50 bits per heavy atom. The van der Waals surface area contributed by atoms with E-state index in [4.69, 9.17) is 10.9 Å². The molecule has 9 heteroatoms. The van der Waals surface area contributed by atoms with Crippen LogP contribution in [0.1, 0.15) is 42.7 Å². The first kappa shape index (κ1) is 17.0. The molecule has 0 atom stereocenters. The molecule has 1 aliphatic rings. The molecule has 24 heavy (non-hydrogen) atoms. The topological polar surface area (TPSA) is 141 Å². The minimum Gasteiger partial charge on any atom is -0.330 e. The first-order valence-electron chi connectivity index (χ1n) is 8.02. The minimum atomic E-state index is -3.90. The highest BCUT2D eigenvalue weighted by molar-refractivity contribution is 7.89. The predicted molar refractivity (Wildman–Crippen MR) is 89.5 cm³/mol. The van der Waals surface area contributed by atoms with Gasteiger partial charge in [-0.15, -0.1) is 5.10 Å². The van der Waals surface area contributed by atoms with Crippen LogP contribution in [0.3, 0.4) is 0 Å². The number of tetrazole rings is 1. The van der Waals surface area contributed by atoms with Crippen LogP contribution in [0.25, 0.3) is 11.4 Å². The normalized spacial score (nSPS) is 21.8. The maximum atomic E-state index is 12.2. The number of H-pyrrole nitrogens is 1. The first-order chi connectivity index (χ1) is 11.4. The molecule has 130 valence electrons. The molecular weight excluding hydrogens is 328 g/mol. The van der Waals surface area contributed by atoms with E-state index < -0.39 is 10.0 Å². The summed E-state index contributed by atoms with van der Waals surface area (Å²) in [5, 5.41) is 19.3. The van der Waals surface area contributed by atoms with Gasteiger partial charge in [-0.1, -0.05) is 12.1 Å². The maximum Gasteiger partial charge on any atom is 0.239 e. The standard InChI is InChI=1S/C15H22N6O2S/c1-9-2-7-12(11-5-3-10(8-16)4-6-11)13(14(9)24(17,22)23)15-18-20-21-19-15/h2,7,10-11H,3-6,8,16H2,1H3,(H2,17,22,23)(H,18,19,20,21)/t10-,11-. The van der Waals surface area contributed by atoms with Crippen molar-refractivity contribution < 1.29 is 8.42 Å². The van der Waals surface area contributed by atoms with Crippen LogP contribution in [-0.2, 0) is 10.0 Å². The summed E-state index contributed by atoms with van der Waals surface area (Å²) in [6, 6.07) is 3.77. The summed E-state index contributed by atoms with van der Waals surface area (Å²) in [4.78, 5) is 0.0968. The Labute approximate surface area is 141 Å². The van der Waals surface area contributed by atoms with Crippen molar-refractivity contribution in [2.75, 3.05) is 6.54 Å². The summed E-state index contributed by atoms with van der Waals surface area (Å²) in [5.74, 6) is 1.12. The second kappa shape index (κ2) is 6.58. The van der Waals surface area contributed by atoms with E-state index in [1.807, 2.05) is 6.07 Å². The van der Waals surface area contributed by atoms with Gasteiger partial charge in [0.15, 0.2) is 5.82 Å². The third-order valence-electron chi connectivity index (χ3n) is 4.87. The number of hydrogen-bond donors (Lipinski definition) is 3. The monoisotopic (exact) mass is 350 g/mol. The number of primary sulfonamides is 1. The van der Waals surface area contributed by atoms with Crippen LogP contribution >= 0.6 is 0 Å². The van der Waals surface area contributed by atoms with Crippen LogP contribution in [0.4, 0.5) is 0 Å². The molecule has 1 heterocycles. The number of rotatable bonds is 4. The Bertz CT molecular complexity index is 811. The lowest BCUT2D eigenvalue weighted by molar-refractivity contribution is 0.333. The van der Waals surface area contributed by atoms with E-state index in [-0.39, 0.29) is 10.8 Å². The Hall–Kier alpha value is -1.84. The molecule has 0 spiro atoms. The number of benzene rings is 1. The molecule has 1 aromatic carbocycles. The number of nitrogens with zero attached hydrogens (tertiary/aromatic N) is 3. The summed E-state index contributed by atoms with van der Waals surface area (Å²) in [6.07, 6.45) is 3.99. The van der Waals surface area contributed by atoms with E-state index in [0.717, 1.165) is 31.2 Å². The third kappa shape index (κ3) is 3.19. The largest absolute Gasteiger partial charge is 0.330 e. The fraction of sp³-hybridized carbons (Fsp3) is 0.533. The van der Waals surface area contributed by atoms with Gasteiger partial charge in [0.05, 0.1) is 4.90 Å². The molecule has 0 unspecified atom stereocenters. The molecular formula is C15H22N6O2S. The van der Waals surface area contributed by atoms with Crippen LogP contribution in [0.5, 0.6) is 0 Å². The van der Waals surface area contributed by atoms with Crippen molar-refractivity contribution in [3.63, 3.8) is 0 Å². The van der Waals surface area contributed by atoms with Crippen molar-refractivity contribution in [3.05, 3.63) is 23.3 Å². The number of nitrogens with two attached hydrogens (primary N) is 2. The highest BCUT2D eigenvalue weighted by Crippen LogP contribution is 2.41. The van der Waals surface area contributed by atoms with Crippen molar-refractivity contribution in [1.82, 2.24) is 20.6 Å². The van der Waals surface area contributed by atoms with Gasteiger partial charge in [-0.25, -0.2) is 18.7 Å². The fourth-order valence-corrected chi connectivity index (χ4v) is 4.64. The van der Waals surface area contributed by atoms with Crippen molar-refractivity contribution in [3.8, 4) is 11.4 Å². The average molecular weight is 350 g/mol. The Morgan fingerprint density at radius 2 is 1.96 bits per heavy atom. The number of aromatic amines is 1. The average Bonchev–Trinajstić information content (AvgIpc) is 3.07. The Morgan fingerprint density at radius 1 is 1.25 bits per heavy atom. The quantitative estimate of drug-likeness (QED) is 0.753. The summed E-state index contributed by atoms with van der Waals surface area (Å²) >= 11 is 0. The van der Waals surface area contributed by atoms with Crippen molar-refractivity contribution in [1.29, 1.82) is 0 Å². The molecule has 0 bridgehead atoms. The maximum absolute atomic E-state index is 12.2. The lowest BCUT2D eigenvalue weighted by atomic mass is 9.77. The van der Waals surface area contributed by atoms with Crippen LogP contribution in [0, 0.1) is 12.8 Å². The van der Waals surface area contributed by atoms with E-state index in [9.17, 15) is 8.42 Å². The highest BCUT2D eigenvalue weighted by Gasteiger charge is 2.29. The first-order valence-corrected chi connectivity index (χ1v) is 9.57. The Balaban J connectivity index is 2.14. The lowest BCUT2D eigenvalue weighted by Gasteiger charge is -2.29. The van der Waals surface area contributed by atoms with E-state index in [0.29, 0.717) is 29.4 Å². The molecule has 1 aliphatic carbocycles. The second-order valence-corrected chi connectivity index (χ2v) is 7.92. The van der Waals surface area contributed by atoms with Gasteiger partial charge < -0.3 is 5.73 Å². The zero-order valence-corrected chi connectivity index (χ0v) is 14.4. The number of nitrogens with one attached hydrogen (secondary N) is 1. The molecule has 0 radical (unpaired) electrons. The molecule has 1 saturated carbocycles. The summed E-state index contributed by atoms with van der Waals surface area (Å²) in [5.41, 5.74) is 7.78. The summed E-state index contributed by atoms with van der Waals surface area (Å²) < 4.78 is 24.4. The molecule has 3 rings (SSSR count). The molecule has 1 aromatic heterocycles. The van der Waals surface area contributed by atoms with Gasteiger partial charge in [-0.3, -0.25) is 0 Å². The van der Waals surface area contributed by atoms with Crippen LogP contribution in [0.15, 0.2) is 17.0 Å². The molecule has 0 aliphatic heterocycles. The predicted octanol–water partition coefficient (Wildman–Crippen LogP) is 1.06. The van der Waals surface area contributed by atoms with E-state index in [1.165, 1.54) is 0 Å². The van der Waals surface area contributed by atoms with Gasteiger partial charge in [0, 0.05) is 5.56 Å². The third-order valence-corrected chi connectivity index (χ3v) is 5.97. The van der Waals surface area contributed by atoms with Crippen molar-refractivity contribution >= 4 is 10.0 Å². The molecule has 8 nitrogen and oxygen atoms in total. The van der Waals surface area contributed by atoms with Crippen molar-refractivity contribution in [2.24, 2.45) is 16.8 Å². The summed E-state index contributed by atoms with van der Waals surface area (Å²) in [7, 11) is -3.90. The molecule has 0 amide bonds. The molecule has 0 saturated heterocycles. The number of aryl methyl sites for hydroxylation is 1. The van der Waals surface area contributed by atoms with E-state index in [1.54, 1.807) is 13.0 Å². The lowest BCUT2D eigenvalue weighted by Crippen LogP contribution is -2.22. The van der Waals surface area contributed by atoms with Crippen LogP contribution in [-0.4, -0.2) is 35.6 Å². The second-order valence-electron chi connectivity index (χ2n) is 6.42. The van der Waals surface area contributed by atoms with E-state index in [2.05, 4.69) is 20.6 Å². The number of sulfonamides is 1. The van der Waals surface area contributed by atoms with Gasteiger partial charge in [-0.05, 0) is 72.5 Å².